The Bertz CT molecular complexity index is 625. The molecule has 0 fully saturated rings. The van der Waals surface area contributed by atoms with Gasteiger partial charge in [-0.2, -0.15) is 0 Å². The van der Waals surface area contributed by atoms with Crippen LogP contribution in [0, 0.1) is 0 Å². The summed E-state index contributed by atoms with van der Waals surface area (Å²) in [5.41, 5.74) is 1.91. The maximum atomic E-state index is 11.9. The first-order valence-corrected chi connectivity index (χ1v) is 8.53. The molecule has 1 atom stereocenters. The fourth-order valence-electron chi connectivity index (χ4n) is 2.73. The van der Waals surface area contributed by atoms with E-state index in [1.54, 1.807) is 0 Å². The lowest BCUT2D eigenvalue weighted by Crippen LogP contribution is -2.39. The van der Waals surface area contributed by atoms with Crippen LogP contribution in [0.25, 0.3) is 11.3 Å². The summed E-state index contributed by atoms with van der Waals surface area (Å²) >= 11 is 0. The Morgan fingerprint density at radius 2 is 2.04 bits per heavy atom. The molecule has 2 rings (SSSR count). The highest BCUT2D eigenvalue weighted by atomic mass is 16.5. The third kappa shape index (κ3) is 4.93. The first-order valence-electron chi connectivity index (χ1n) is 8.53. The van der Waals surface area contributed by atoms with Crippen molar-refractivity contribution in [3.63, 3.8) is 0 Å². The number of likely N-dealkylation sites (N-methyl/N-ethyl adjacent to an activating group) is 1. The van der Waals surface area contributed by atoms with Gasteiger partial charge in [0.25, 0.3) is 0 Å². The lowest BCUT2D eigenvalue weighted by Gasteiger charge is -2.24. The average Bonchev–Trinajstić information content (AvgIpc) is 3.05. The fourth-order valence-corrected chi connectivity index (χ4v) is 2.73. The van der Waals surface area contributed by atoms with Gasteiger partial charge in [-0.25, -0.2) is 0 Å². The minimum atomic E-state index is -0.181. The molecule has 24 heavy (non-hydrogen) atoms. The molecule has 130 valence electrons. The van der Waals surface area contributed by atoms with Crippen molar-refractivity contribution in [3.8, 4) is 11.3 Å². The van der Waals surface area contributed by atoms with Crippen molar-refractivity contribution in [2.45, 2.75) is 39.2 Å². The number of aromatic nitrogens is 1. The highest BCUT2D eigenvalue weighted by Gasteiger charge is 2.22. The summed E-state index contributed by atoms with van der Waals surface area (Å²) in [7, 11) is 1.96. The predicted molar refractivity (Wildman–Crippen MR) is 93.6 cm³/mol. The van der Waals surface area contributed by atoms with Gasteiger partial charge in [-0.05, 0) is 33.4 Å². The standard InChI is InChI=1S/C19H26N2O3/c1-4-18(19(22)23-5-2)21(3)13-9-12-16-14-17(20-24-16)15-10-7-6-8-11-15/h6-8,10-11,14,18H,4-5,9,12-13H2,1-3H3. The second-order valence-corrected chi connectivity index (χ2v) is 5.80. The summed E-state index contributed by atoms with van der Waals surface area (Å²) in [6.07, 6.45) is 2.44. The average molecular weight is 330 g/mol. The van der Waals surface area contributed by atoms with E-state index in [-0.39, 0.29) is 12.0 Å². The minimum Gasteiger partial charge on any atom is -0.465 e. The van der Waals surface area contributed by atoms with Crippen LogP contribution in [0.2, 0.25) is 0 Å². The van der Waals surface area contributed by atoms with Crippen molar-refractivity contribution >= 4 is 5.97 Å². The van der Waals surface area contributed by atoms with E-state index in [0.717, 1.165) is 42.8 Å². The van der Waals surface area contributed by atoms with E-state index in [0.29, 0.717) is 6.61 Å². The molecule has 0 aliphatic heterocycles. The van der Waals surface area contributed by atoms with Gasteiger partial charge in [-0.3, -0.25) is 9.69 Å². The molecule has 0 saturated heterocycles. The van der Waals surface area contributed by atoms with Crippen LogP contribution in [0.4, 0.5) is 0 Å². The number of rotatable bonds is 9. The van der Waals surface area contributed by atoms with Crippen molar-refractivity contribution in [1.29, 1.82) is 0 Å². The van der Waals surface area contributed by atoms with E-state index in [1.165, 1.54) is 0 Å². The highest BCUT2D eigenvalue weighted by Crippen LogP contribution is 2.19. The quantitative estimate of drug-likeness (QED) is 0.658. The van der Waals surface area contributed by atoms with Gasteiger partial charge in [-0.15, -0.1) is 0 Å². The lowest BCUT2D eigenvalue weighted by atomic mass is 10.1. The topological polar surface area (TPSA) is 55.6 Å². The van der Waals surface area contributed by atoms with E-state index >= 15 is 0 Å². The molecular weight excluding hydrogens is 304 g/mol. The molecule has 0 N–H and O–H groups in total. The summed E-state index contributed by atoms with van der Waals surface area (Å²) in [6, 6.07) is 11.8. The Morgan fingerprint density at radius 3 is 2.71 bits per heavy atom. The summed E-state index contributed by atoms with van der Waals surface area (Å²) in [5, 5.41) is 4.13. The van der Waals surface area contributed by atoms with E-state index in [1.807, 2.05) is 62.2 Å². The van der Waals surface area contributed by atoms with Gasteiger partial charge in [0, 0.05) is 18.1 Å². The summed E-state index contributed by atoms with van der Waals surface area (Å²) in [5.74, 6) is 0.722. The zero-order valence-corrected chi connectivity index (χ0v) is 14.7. The maximum Gasteiger partial charge on any atom is 0.323 e. The molecule has 1 unspecified atom stereocenters. The van der Waals surface area contributed by atoms with E-state index in [4.69, 9.17) is 9.26 Å². The number of ether oxygens (including phenoxy) is 1. The smallest absolute Gasteiger partial charge is 0.323 e. The van der Waals surface area contributed by atoms with E-state index in [2.05, 4.69) is 5.16 Å². The molecule has 0 bridgehead atoms. The van der Waals surface area contributed by atoms with Gasteiger partial charge < -0.3 is 9.26 Å². The van der Waals surface area contributed by atoms with Crippen LogP contribution in [0.1, 0.15) is 32.4 Å². The van der Waals surface area contributed by atoms with Crippen molar-refractivity contribution in [3.05, 3.63) is 42.2 Å². The molecule has 5 heteroatoms. The molecule has 0 aliphatic carbocycles. The fraction of sp³-hybridized carbons (Fsp3) is 0.474. The number of hydrogen-bond acceptors (Lipinski definition) is 5. The zero-order valence-electron chi connectivity index (χ0n) is 14.7. The van der Waals surface area contributed by atoms with Gasteiger partial charge in [0.15, 0.2) is 0 Å². The van der Waals surface area contributed by atoms with Gasteiger partial charge in [0.1, 0.15) is 17.5 Å². The van der Waals surface area contributed by atoms with Gasteiger partial charge in [-0.1, -0.05) is 42.4 Å². The Morgan fingerprint density at radius 1 is 1.29 bits per heavy atom. The second kappa shape index (κ2) is 9.23. The van der Waals surface area contributed by atoms with Crippen LogP contribution in [0.3, 0.4) is 0 Å². The molecule has 5 nitrogen and oxygen atoms in total. The second-order valence-electron chi connectivity index (χ2n) is 5.80. The van der Waals surface area contributed by atoms with E-state index < -0.39 is 0 Å². The molecule has 0 amide bonds. The molecule has 2 aromatic rings. The van der Waals surface area contributed by atoms with Crippen molar-refractivity contribution in [2.75, 3.05) is 20.2 Å². The van der Waals surface area contributed by atoms with Gasteiger partial charge in [0.2, 0.25) is 0 Å². The Kier molecular flexibility index (Phi) is 7.00. The predicted octanol–water partition coefficient (Wildman–Crippen LogP) is 3.55. The SMILES string of the molecule is CCOC(=O)C(CC)N(C)CCCc1cc(-c2ccccc2)no1. The number of esters is 1. The number of carbonyl (C=O) groups excluding carboxylic acids is 1. The van der Waals surface area contributed by atoms with E-state index in [9.17, 15) is 4.79 Å². The number of hydrogen-bond donors (Lipinski definition) is 0. The normalized spacial score (nSPS) is 12.3. The third-order valence-electron chi connectivity index (χ3n) is 4.04. The largest absolute Gasteiger partial charge is 0.465 e. The van der Waals surface area contributed by atoms with Crippen LogP contribution in [-0.2, 0) is 16.0 Å². The van der Waals surface area contributed by atoms with Crippen LogP contribution in [0.5, 0.6) is 0 Å². The van der Waals surface area contributed by atoms with Crippen molar-refractivity contribution in [1.82, 2.24) is 10.1 Å². The lowest BCUT2D eigenvalue weighted by molar-refractivity contribution is -0.149. The molecule has 0 saturated carbocycles. The number of aryl methyl sites for hydroxylation is 1. The molecule has 0 radical (unpaired) electrons. The Labute approximate surface area is 143 Å². The zero-order chi connectivity index (χ0) is 17.4. The molecule has 1 aromatic carbocycles. The third-order valence-corrected chi connectivity index (χ3v) is 4.04. The first-order chi connectivity index (χ1) is 11.7. The molecule has 1 heterocycles. The Hall–Kier alpha value is -2.14. The monoisotopic (exact) mass is 330 g/mol. The summed E-state index contributed by atoms with van der Waals surface area (Å²) in [4.78, 5) is 14.0. The van der Waals surface area contributed by atoms with Crippen LogP contribution in [0.15, 0.2) is 40.9 Å². The number of nitrogens with zero attached hydrogens (tertiary/aromatic N) is 2. The van der Waals surface area contributed by atoms with Crippen molar-refractivity contribution < 1.29 is 14.1 Å². The van der Waals surface area contributed by atoms with Crippen molar-refractivity contribution in [2.24, 2.45) is 0 Å². The summed E-state index contributed by atoms with van der Waals surface area (Å²) in [6.45, 7) is 5.06. The van der Waals surface area contributed by atoms with Crippen LogP contribution < -0.4 is 0 Å². The van der Waals surface area contributed by atoms with Gasteiger partial charge >= 0.3 is 5.97 Å². The molecular formula is C19H26N2O3. The van der Waals surface area contributed by atoms with Gasteiger partial charge in [0.05, 0.1) is 6.61 Å². The Balaban J connectivity index is 1.83. The number of carbonyl (C=O) groups is 1. The highest BCUT2D eigenvalue weighted by molar-refractivity contribution is 5.75. The molecule has 0 aliphatic rings. The maximum absolute atomic E-state index is 11.9. The van der Waals surface area contributed by atoms with Crippen LogP contribution in [-0.4, -0.2) is 42.3 Å². The summed E-state index contributed by atoms with van der Waals surface area (Å²) < 4.78 is 10.5. The first kappa shape index (κ1) is 18.2. The number of benzene rings is 1. The molecule has 0 spiro atoms. The minimum absolute atomic E-state index is 0.145. The van der Waals surface area contributed by atoms with Crippen LogP contribution >= 0.6 is 0 Å². The molecule has 1 aromatic heterocycles.